The lowest BCUT2D eigenvalue weighted by atomic mass is 9.99. The maximum absolute atomic E-state index is 11.2. The number of rotatable bonds is 5. The summed E-state index contributed by atoms with van der Waals surface area (Å²) in [5, 5.41) is 9.18. The molecular formula is C19H18BrNO3. The van der Waals surface area contributed by atoms with E-state index in [-0.39, 0.29) is 5.69 Å². The van der Waals surface area contributed by atoms with E-state index in [2.05, 4.69) is 27.0 Å². The van der Waals surface area contributed by atoms with Gasteiger partial charge < -0.3 is 9.84 Å². The highest BCUT2D eigenvalue weighted by atomic mass is 79.9. The highest BCUT2D eigenvalue weighted by Crippen LogP contribution is 2.43. The van der Waals surface area contributed by atoms with Gasteiger partial charge in [0, 0.05) is 10.0 Å². The number of hydrogen-bond donors (Lipinski definition) is 1. The molecule has 0 bridgehead atoms. The summed E-state index contributed by atoms with van der Waals surface area (Å²) in [5.41, 5.74) is 4.17. The zero-order valence-electron chi connectivity index (χ0n) is 13.4. The molecule has 124 valence electrons. The van der Waals surface area contributed by atoms with Gasteiger partial charge in [0.1, 0.15) is 11.4 Å². The van der Waals surface area contributed by atoms with Crippen LogP contribution in [0.2, 0.25) is 0 Å². The highest BCUT2D eigenvalue weighted by Gasteiger charge is 2.22. The predicted molar refractivity (Wildman–Crippen MR) is 97.2 cm³/mol. The summed E-state index contributed by atoms with van der Waals surface area (Å²) in [5.74, 6) is -0.154. The van der Waals surface area contributed by atoms with Crippen LogP contribution in [0.5, 0.6) is 5.75 Å². The number of ether oxygens (including phenoxy) is 1. The van der Waals surface area contributed by atoms with Crippen LogP contribution in [0.4, 0.5) is 0 Å². The Bertz CT molecular complexity index is 814. The largest absolute Gasteiger partial charge is 0.493 e. The molecule has 0 radical (unpaired) electrons. The maximum atomic E-state index is 11.2. The molecule has 0 spiro atoms. The third-order valence-electron chi connectivity index (χ3n) is 4.06. The van der Waals surface area contributed by atoms with E-state index >= 15 is 0 Å². The van der Waals surface area contributed by atoms with E-state index in [1.165, 1.54) is 11.6 Å². The van der Waals surface area contributed by atoms with E-state index < -0.39 is 5.97 Å². The van der Waals surface area contributed by atoms with Gasteiger partial charge in [0.15, 0.2) is 0 Å². The topological polar surface area (TPSA) is 59.4 Å². The maximum Gasteiger partial charge on any atom is 0.354 e. The van der Waals surface area contributed by atoms with Crippen LogP contribution >= 0.6 is 15.9 Å². The van der Waals surface area contributed by atoms with Crippen LogP contribution in [0, 0.1) is 0 Å². The molecule has 0 saturated heterocycles. The molecule has 1 N–H and O–H groups in total. The number of aromatic carboxylic acids is 1. The Hall–Kier alpha value is -2.14. The molecule has 0 fully saturated rings. The van der Waals surface area contributed by atoms with Gasteiger partial charge in [-0.15, -0.1) is 0 Å². The Labute approximate surface area is 149 Å². The minimum absolute atomic E-state index is 0.0746. The van der Waals surface area contributed by atoms with Crippen LogP contribution < -0.4 is 4.74 Å². The van der Waals surface area contributed by atoms with Crippen molar-refractivity contribution in [3.05, 3.63) is 57.8 Å². The van der Waals surface area contributed by atoms with Gasteiger partial charge in [-0.05, 0) is 67.7 Å². The van der Waals surface area contributed by atoms with Crippen molar-refractivity contribution in [2.45, 2.75) is 26.2 Å². The third kappa shape index (κ3) is 3.36. The van der Waals surface area contributed by atoms with Crippen LogP contribution in [-0.2, 0) is 0 Å². The molecular weight excluding hydrogens is 370 g/mol. The average molecular weight is 388 g/mol. The monoisotopic (exact) mass is 387 g/mol. The lowest BCUT2D eigenvalue weighted by Gasteiger charge is -2.14. The number of aromatic nitrogens is 1. The van der Waals surface area contributed by atoms with Crippen molar-refractivity contribution in [3.8, 4) is 5.75 Å². The number of nitrogens with zero attached hydrogens (tertiary/aromatic N) is 1. The summed E-state index contributed by atoms with van der Waals surface area (Å²) >= 11 is 3.53. The van der Waals surface area contributed by atoms with E-state index in [1.807, 2.05) is 25.1 Å². The number of carboxylic acids is 1. The van der Waals surface area contributed by atoms with Crippen molar-refractivity contribution in [2.24, 2.45) is 0 Å². The molecule has 0 aliphatic heterocycles. The van der Waals surface area contributed by atoms with E-state index in [0.29, 0.717) is 6.61 Å². The summed E-state index contributed by atoms with van der Waals surface area (Å²) in [7, 11) is 0. The second-order valence-electron chi connectivity index (χ2n) is 5.60. The first-order valence-corrected chi connectivity index (χ1v) is 8.75. The lowest BCUT2D eigenvalue weighted by Crippen LogP contribution is -2.02. The molecule has 1 aromatic heterocycles. The van der Waals surface area contributed by atoms with Crippen LogP contribution in [0.3, 0.4) is 0 Å². The molecule has 0 atom stereocenters. The first kappa shape index (κ1) is 16.7. The quantitative estimate of drug-likeness (QED) is 0.780. The van der Waals surface area contributed by atoms with Crippen LogP contribution in [-0.4, -0.2) is 22.7 Å². The van der Waals surface area contributed by atoms with Crippen molar-refractivity contribution in [2.75, 3.05) is 6.61 Å². The summed E-state index contributed by atoms with van der Waals surface area (Å²) in [6.07, 6.45) is 2.86. The van der Waals surface area contributed by atoms with E-state index in [0.717, 1.165) is 46.3 Å². The minimum Gasteiger partial charge on any atom is -0.493 e. The zero-order valence-corrected chi connectivity index (χ0v) is 15.0. The Balaban J connectivity index is 2.12. The number of allylic oxidation sites excluding steroid dienone is 2. The smallest absolute Gasteiger partial charge is 0.354 e. The summed E-state index contributed by atoms with van der Waals surface area (Å²) < 4.78 is 6.77. The van der Waals surface area contributed by atoms with E-state index in [1.54, 1.807) is 6.07 Å². The molecule has 2 aromatic rings. The summed E-state index contributed by atoms with van der Waals surface area (Å²) in [6, 6.07) is 11.1. The Morgan fingerprint density at radius 1 is 1.25 bits per heavy atom. The molecule has 0 saturated carbocycles. The second-order valence-corrected chi connectivity index (χ2v) is 6.51. The van der Waals surface area contributed by atoms with Crippen molar-refractivity contribution in [1.82, 2.24) is 4.98 Å². The van der Waals surface area contributed by atoms with E-state index in [4.69, 9.17) is 4.74 Å². The number of hydrogen-bond acceptors (Lipinski definition) is 3. The molecule has 1 aliphatic rings. The number of pyridine rings is 1. The first-order valence-electron chi connectivity index (χ1n) is 7.95. The third-order valence-corrected chi connectivity index (χ3v) is 4.56. The molecule has 0 unspecified atom stereocenters. The van der Waals surface area contributed by atoms with Gasteiger partial charge in [-0.25, -0.2) is 9.78 Å². The molecule has 4 nitrogen and oxygen atoms in total. The fourth-order valence-electron chi connectivity index (χ4n) is 3.06. The molecule has 5 heteroatoms. The van der Waals surface area contributed by atoms with Crippen LogP contribution in [0.1, 0.15) is 47.9 Å². The number of carbonyl (C=O) groups is 1. The normalized spacial score (nSPS) is 14.1. The van der Waals surface area contributed by atoms with Crippen LogP contribution in [0.25, 0.3) is 11.1 Å². The Morgan fingerprint density at radius 2 is 2.04 bits per heavy atom. The van der Waals surface area contributed by atoms with Crippen molar-refractivity contribution < 1.29 is 14.6 Å². The van der Waals surface area contributed by atoms with Crippen molar-refractivity contribution in [1.29, 1.82) is 0 Å². The Kier molecular flexibility index (Phi) is 5.00. The highest BCUT2D eigenvalue weighted by molar-refractivity contribution is 9.10. The molecule has 3 rings (SSSR count). The molecule has 1 heterocycles. The standard InChI is InChI=1S/C19H18BrNO3/c1-2-24-18-10-9-12(20)11-15(18)13-5-3-6-14(13)16-7-4-8-17(21-16)19(22)23/h4,7-11H,2-3,5-6H2,1H3,(H,22,23). The van der Waals surface area contributed by atoms with Gasteiger partial charge in [-0.3, -0.25) is 0 Å². The average Bonchev–Trinajstić information content (AvgIpc) is 3.06. The second kappa shape index (κ2) is 7.18. The molecule has 24 heavy (non-hydrogen) atoms. The Morgan fingerprint density at radius 3 is 2.79 bits per heavy atom. The van der Waals surface area contributed by atoms with Gasteiger partial charge in [0.25, 0.3) is 0 Å². The van der Waals surface area contributed by atoms with Gasteiger partial charge in [0.05, 0.1) is 12.3 Å². The fraction of sp³-hybridized carbons (Fsp3) is 0.263. The number of carboxylic acid groups (broad SMARTS) is 1. The van der Waals surface area contributed by atoms with Crippen molar-refractivity contribution in [3.63, 3.8) is 0 Å². The lowest BCUT2D eigenvalue weighted by molar-refractivity contribution is 0.0690. The van der Waals surface area contributed by atoms with E-state index in [9.17, 15) is 9.90 Å². The molecule has 1 aromatic carbocycles. The first-order chi connectivity index (χ1) is 11.6. The summed E-state index contributed by atoms with van der Waals surface area (Å²) in [4.78, 5) is 15.5. The van der Waals surface area contributed by atoms with Gasteiger partial charge in [0.2, 0.25) is 0 Å². The van der Waals surface area contributed by atoms with Gasteiger partial charge >= 0.3 is 5.97 Å². The predicted octanol–water partition coefficient (Wildman–Crippen LogP) is 5.04. The van der Waals surface area contributed by atoms with Crippen molar-refractivity contribution >= 4 is 33.0 Å². The zero-order chi connectivity index (χ0) is 17.1. The summed E-state index contributed by atoms with van der Waals surface area (Å²) in [6.45, 7) is 2.57. The van der Waals surface area contributed by atoms with Crippen LogP contribution in [0.15, 0.2) is 40.9 Å². The number of benzene rings is 1. The molecule has 1 aliphatic carbocycles. The number of halogens is 1. The van der Waals surface area contributed by atoms with Gasteiger partial charge in [-0.1, -0.05) is 22.0 Å². The minimum atomic E-state index is -1.01. The van der Waals surface area contributed by atoms with Gasteiger partial charge in [-0.2, -0.15) is 0 Å². The SMILES string of the molecule is CCOc1ccc(Br)cc1C1=C(c2cccc(C(=O)O)n2)CCC1. The fourth-order valence-corrected chi connectivity index (χ4v) is 3.43. The molecule has 0 amide bonds.